The van der Waals surface area contributed by atoms with Crippen molar-refractivity contribution < 1.29 is 0 Å². The van der Waals surface area contributed by atoms with Crippen LogP contribution < -0.4 is 11.1 Å². The molecule has 3 rings (SSSR count). The predicted octanol–water partition coefficient (Wildman–Crippen LogP) is 4.81. The van der Waals surface area contributed by atoms with Gasteiger partial charge < -0.3 is 11.1 Å². The molecule has 1 heterocycles. The first-order valence-corrected chi connectivity index (χ1v) is 10.1. The van der Waals surface area contributed by atoms with Gasteiger partial charge in [0.25, 0.3) is 0 Å². The molecule has 0 amide bonds. The van der Waals surface area contributed by atoms with Gasteiger partial charge in [-0.05, 0) is 25.7 Å². The van der Waals surface area contributed by atoms with Crippen molar-refractivity contribution in [1.82, 2.24) is 15.0 Å². The Morgan fingerprint density at radius 3 is 1.83 bits per heavy atom. The molecule has 2 saturated carbocycles. The van der Waals surface area contributed by atoms with E-state index in [2.05, 4.69) is 15.3 Å². The van der Waals surface area contributed by atoms with Gasteiger partial charge >= 0.3 is 0 Å². The summed E-state index contributed by atoms with van der Waals surface area (Å²) in [7, 11) is 0. The molecule has 1 aromatic rings. The van der Waals surface area contributed by atoms with Crippen LogP contribution >= 0.6 is 0 Å². The number of anilines is 2. The number of nitrogens with two attached hydrogens (primary N) is 1. The van der Waals surface area contributed by atoms with Gasteiger partial charge in [0, 0.05) is 12.0 Å². The molecule has 0 atom stereocenters. The lowest BCUT2D eigenvalue weighted by Gasteiger charge is -2.19. The van der Waals surface area contributed by atoms with Crippen LogP contribution in [-0.4, -0.2) is 21.0 Å². The number of nitrogens with zero attached hydrogens (tertiary/aromatic N) is 3. The Balaban J connectivity index is 1.67. The third-order valence-corrected chi connectivity index (χ3v) is 5.58. The first-order chi connectivity index (χ1) is 11.8. The van der Waals surface area contributed by atoms with Crippen LogP contribution in [0.1, 0.15) is 102 Å². The Labute approximate surface area is 146 Å². The number of aromatic nitrogens is 3. The van der Waals surface area contributed by atoms with Crippen LogP contribution in [0.25, 0.3) is 0 Å². The number of hydrogen-bond acceptors (Lipinski definition) is 5. The third-order valence-electron chi connectivity index (χ3n) is 5.58. The fourth-order valence-electron chi connectivity index (χ4n) is 4.15. The maximum absolute atomic E-state index is 5.99. The van der Waals surface area contributed by atoms with Gasteiger partial charge in [0.05, 0.1) is 0 Å². The molecule has 1 aromatic heterocycles. The molecule has 2 aliphatic carbocycles. The number of hydrogen-bond donors (Lipinski definition) is 2. The zero-order valence-electron chi connectivity index (χ0n) is 15.0. The quantitative estimate of drug-likeness (QED) is 0.777. The molecule has 0 radical (unpaired) electrons. The molecule has 0 aromatic carbocycles. The van der Waals surface area contributed by atoms with E-state index in [1.54, 1.807) is 0 Å². The number of nitrogen functional groups attached to an aromatic ring is 1. The molecular weight excluding hydrogens is 298 g/mol. The minimum absolute atomic E-state index is 0.370. The van der Waals surface area contributed by atoms with Crippen LogP contribution in [0.5, 0.6) is 0 Å². The van der Waals surface area contributed by atoms with E-state index in [9.17, 15) is 0 Å². The molecule has 134 valence electrons. The lowest BCUT2D eigenvalue weighted by Crippen LogP contribution is -2.22. The number of rotatable bonds is 3. The summed E-state index contributed by atoms with van der Waals surface area (Å²) in [5.74, 6) is 2.44. The molecule has 0 saturated heterocycles. The zero-order valence-corrected chi connectivity index (χ0v) is 15.0. The van der Waals surface area contributed by atoms with Gasteiger partial charge in [-0.2, -0.15) is 15.0 Å². The van der Waals surface area contributed by atoms with E-state index in [0.717, 1.165) is 5.82 Å². The second-order valence-electron chi connectivity index (χ2n) is 7.60. The number of nitrogens with one attached hydrogen (secondary N) is 1. The van der Waals surface area contributed by atoms with E-state index in [-0.39, 0.29) is 0 Å². The highest BCUT2D eigenvalue weighted by Crippen LogP contribution is 2.30. The van der Waals surface area contributed by atoms with Crippen LogP contribution in [0.2, 0.25) is 0 Å². The topological polar surface area (TPSA) is 76.7 Å². The van der Waals surface area contributed by atoms with Crippen LogP contribution in [-0.2, 0) is 0 Å². The SMILES string of the molecule is Nc1nc(NC2CCCCCCCC2)nc(C2CCCCCC2)n1. The van der Waals surface area contributed by atoms with Gasteiger partial charge in [-0.1, -0.05) is 64.2 Å². The van der Waals surface area contributed by atoms with Crippen LogP contribution in [0, 0.1) is 0 Å². The van der Waals surface area contributed by atoms with E-state index in [1.807, 2.05) is 0 Å². The average molecular weight is 332 g/mol. The standard InChI is InChI=1S/C19H33N5/c20-18-22-17(15-11-7-5-6-8-12-15)23-19(24-18)21-16-13-9-3-1-2-4-10-14-16/h15-16H,1-14H2,(H3,20,21,22,23,24). The second-order valence-corrected chi connectivity index (χ2v) is 7.60. The molecule has 0 bridgehead atoms. The summed E-state index contributed by atoms with van der Waals surface area (Å²) in [5, 5.41) is 3.57. The highest BCUT2D eigenvalue weighted by atomic mass is 15.2. The summed E-state index contributed by atoms with van der Waals surface area (Å²) in [5.41, 5.74) is 5.99. The van der Waals surface area contributed by atoms with Crippen molar-refractivity contribution >= 4 is 11.9 Å². The van der Waals surface area contributed by atoms with Gasteiger partial charge in [0.2, 0.25) is 11.9 Å². The summed E-state index contributed by atoms with van der Waals surface area (Å²) in [6.07, 6.45) is 18.1. The molecule has 2 fully saturated rings. The first kappa shape index (κ1) is 17.4. The van der Waals surface area contributed by atoms with Crippen molar-refractivity contribution in [3.05, 3.63) is 5.82 Å². The lowest BCUT2D eigenvalue weighted by molar-refractivity contribution is 0.547. The summed E-state index contributed by atoms with van der Waals surface area (Å²) in [6, 6.07) is 0.479. The van der Waals surface area contributed by atoms with Crippen molar-refractivity contribution in [1.29, 1.82) is 0 Å². The van der Waals surface area contributed by atoms with Crippen LogP contribution in [0.3, 0.4) is 0 Å². The maximum atomic E-state index is 5.99. The van der Waals surface area contributed by atoms with E-state index in [1.165, 1.54) is 89.9 Å². The molecule has 2 aliphatic rings. The Morgan fingerprint density at radius 2 is 1.21 bits per heavy atom. The summed E-state index contributed by atoms with van der Waals surface area (Å²) >= 11 is 0. The molecule has 0 unspecified atom stereocenters. The maximum Gasteiger partial charge on any atom is 0.227 e. The highest BCUT2D eigenvalue weighted by Gasteiger charge is 2.20. The van der Waals surface area contributed by atoms with Gasteiger partial charge in [0.1, 0.15) is 5.82 Å². The van der Waals surface area contributed by atoms with E-state index < -0.39 is 0 Å². The lowest BCUT2D eigenvalue weighted by atomic mass is 10.00. The summed E-state index contributed by atoms with van der Waals surface area (Å²) in [4.78, 5) is 13.6. The summed E-state index contributed by atoms with van der Waals surface area (Å²) in [6.45, 7) is 0. The molecule has 0 spiro atoms. The smallest absolute Gasteiger partial charge is 0.227 e. The van der Waals surface area contributed by atoms with Crippen molar-refractivity contribution in [2.45, 2.75) is 102 Å². The molecule has 5 heteroatoms. The Morgan fingerprint density at radius 1 is 0.667 bits per heavy atom. The highest BCUT2D eigenvalue weighted by molar-refractivity contribution is 5.33. The van der Waals surface area contributed by atoms with Gasteiger partial charge in [-0.3, -0.25) is 0 Å². The average Bonchev–Trinajstić information content (AvgIpc) is 2.78. The Kier molecular flexibility index (Phi) is 6.67. The van der Waals surface area contributed by atoms with Gasteiger partial charge in [-0.15, -0.1) is 0 Å². The van der Waals surface area contributed by atoms with Crippen LogP contribution in [0.15, 0.2) is 0 Å². The molecule has 3 N–H and O–H groups in total. The molecule has 0 aliphatic heterocycles. The molecule has 5 nitrogen and oxygen atoms in total. The Bertz CT molecular complexity index is 487. The first-order valence-electron chi connectivity index (χ1n) is 10.1. The fourth-order valence-corrected chi connectivity index (χ4v) is 4.15. The monoisotopic (exact) mass is 331 g/mol. The minimum atomic E-state index is 0.370. The predicted molar refractivity (Wildman–Crippen MR) is 99.0 cm³/mol. The minimum Gasteiger partial charge on any atom is -0.368 e. The van der Waals surface area contributed by atoms with Crippen molar-refractivity contribution in [2.24, 2.45) is 0 Å². The Hall–Kier alpha value is -1.39. The zero-order chi connectivity index (χ0) is 16.6. The van der Waals surface area contributed by atoms with E-state index in [0.29, 0.717) is 23.9 Å². The largest absolute Gasteiger partial charge is 0.368 e. The van der Waals surface area contributed by atoms with E-state index in [4.69, 9.17) is 10.7 Å². The van der Waals surface area contributed by atoms with E-state index >= 15 is 0 Å². The van der Waals surface area contributed by atoms with Crippen molar-refractivity contribution in [3.63, 3.8) is 0 Å². The van der Waals surface area contributed by atoms with Gasteiger partial charge in [-0.25, -0.2) is 0 Å². The fraction of sp³-hybridized carbons (Fsp3) is 0.842. The molecule has 24 heavy (non-hydrogen) atoms. The van der Waals surface area contributed by atoms with Crippen molar-refractivity contribution in [3.8, 4) is 0 Å². The van der Waals surface area contributed by atoms with Crippen LogP contribution in [0.4, 0.5) is 11.9 Å². The third kappa shape index (κ3) is 5.32. The normalized spacial score (nSPS) is 22.2. The molecular formula is C19H33N5. The summed E-state index contributed by atoms with van der Waals surface area (Å²) < 4.78 is 0. The van der Waals surface area contributed by atoms with Crippen molar-refractivity contribution in [2.75, 3.05) is 11.1 Å². The van der Waals surface area contributed by atoms with Gasteiger partial charge in [0.15, 0.2) is 0 Å². The second kappa shape index (κ2) is 9.19.